The fourth-order valence-corrected chi connectivity index (χ4v) is 3.49. The standard InChI is InChI=1S/C20H20Cl2N2O4/c1-12-19(25)24(17-11-14(27-2)5-7-18(17)28-3)9-8-23(12)20(26)13-4-6-15(21)16(22)10-13/h4-7,10-12H,8-9H2,1-3H3/t12-/m0/s1. The van der Waals surface area contributed by atoms with Crippen LogP contribution in [0.3, 0.4) is 0 Å². The molecule has 28 heavy (non-hydrogen) atoms. The lowest BCUT2D eigenvalue weighted by molar-refractivity contribution is -0.124. The second-order valence-corrected chi connectivity index (χ2v) is 7.15. The van der Waals surface area contributed by atoms with Crippen molar-refractivity contribution in [1.82, 2.24) is 4.90 Å². The lowest BCUT2D eigenvalue weighted by Gasteiger charge is -2.39. The Morgan fingerprint density at radius 3 is 2.43 bits per heavy atom. The molecule has 1 aliphatic rings. The molecule has 1 saturated heterocycles. The van der Waals surface area contributed by atoms with E-state index in [0.29, 0.717) is 45.9 Å². The highest BCUT2D eigenvalue weighted by Gasteiger charge is 2.36. The van der Waals surface area contributed by atoms with Crippen LogP contribution in [-0.2, 0) is 4.79 Å². The summed E-state index contributed by atoms with van der Waals surface area (Å²) in [4.78, 5) is 29.1. The highest BCUT2D eigenvalue weighted by molar-refractivity contribution is 6.42. The van der Waals surface area contributed by atoms with Gasteiger partial charge in [-0.3, -0.25) is 9.59 Å². The summed E-state index contributed by atoms with van der Waals surface area (Å²) in [6.45, 7) is 2.41. The van der Waals surface area contributed by atoms with Gasteiger partial charge in [-0.15, -0.1) is 0 Å². The monoisotopic (exact) mass is 422 g/mol. The Bertz CT molecular complexity index is 919. The van der Waals surface area contributed by atoms with Gasteiger partial charge in [0.05, 0.1) is 30.0 Å². The van der Waals surface area contributed by atoms with E-state index in [9.17, 15) is 9.59 Å². The zero-order chi connectivity index (χ0) is 20.4. The topological polar surface area (TPSA) is 59.1 Å². The van der Waals surface area contributed by atoms with Gasteiger partial charge < -0.3 is 19.3 Å². The number of hydrogen-bond donors (Lipinski definition) is 0. The van der Waals surface area contributed by atoms with Gasteiger partial charge in [0.2, 0.25) is 5.91 Å². The fraction of sp³-hybridized carbons (Fsp3) is 0.300. The number of carbonyl (C=O) groups excluding carboxylic acids is 2. The Morgan fingerprint density at radius 2 is 1.79 bits per heavy atom. The van der Waals surface area contributed by atoms with E-state index in [1.54, 1.807) is 56.4 Å². The number of rotatable bonds is 4. The normalized spacial score (nSPS) is 16.9. The van der Waals surface area contributed by atoms with E-state index < -0.39 is 6.04 Å². The molecular weight excluding hydrogens is 403 g/mol. The van der Waals surface area contributed by atoms with Crippen molar-refractivity contribution in [2.75, 3.05) is 32.2 Å². The maximum Gasteiger partial charge on any atom is 0.254 e. The van der Waals surface area contributed by atoms with Crippen LogP contribution in [0.15, 0.2) is 36.4 Å². The molecule has 1 aliphatic heterocycles. The number of nitrogens with zero attached hydrogens (tertiary/aromatic N) is 2. The Balaban J connectivity index is 1.86. The maximum absolute atomic E-state index is 13.0. The number of piperazine rings is 1. The molecule has 2 aromatic carbocycles. The molecule has 2 amide bonds. The summed E-state index contributed by atoms with van der Waals surface area (Å²) in [5.74, 6) is 0.707. The molecule has 148 valence electrons. The zero-order valence-corrected chi connectivity index (χ0v) is 17.3. The predicted octanol–water partition coefficient (Wildman–Crippen LogP) is 3.89. The summed E-state index contributed by atoms with van der Waals surface area (Å²) in [6.07, 6.45) is 0. The number of ether oxygens (including phenoxy) is 2. The molecule has 0 aliphatic carbocycles. The van der Waals surface area contributed by atoms with E-state index in [0.717, 1.165) is 0 Å². The summed E-state index contributed by atoms with van der Waals surface area (Å²) in [5, 5.41) is 0.670. The molecule has 0 bridgehead atoms. The molecule has 3 rings (SSSR count). The summed E-state index contributed by atoms with van der Waals surface area (Å²) in [7, 11) is 3.10. The van der Waals surface area contributed by atoms with Gasteiger partial charge in [-0.2, -0.15) is 0 Å². The molecule has 1 atom stereocenters. The average Bonchev–Trinajstić information content (AvgIpc) is 2.71. The number of hydrogen-bond acceptors (Lipinski definition) is 4. The molecular formula is C20H20Cl2N2O4. The van der Waals surface area contributed by atoms with Crippen molar-refractivity contribution in [2.45, 2.75) is 13.0 Å². The number of benzene rings is 2. The van der Waals surface area contributed by atoms with Gasteiger partial charge in [-0.1, -0.05) is 23.2 Å². The fourth-order valence-electron chi connectivity index (χ4n) is 3.19. The van der Waals surface area contributed by atoms with E-state index in [4.69, 9.17) is 32.7 Å². The largest absolute Gasteiger partial charge is 0.497 e. The Hall–Kier alpha value is -2.44. The average molecular weight is 423 g/mol. The van der Waals surface area contributed by atoms with Crippen LogP contribution in [0.5, 0.6) is 11.5 Å². The van der Waals surface area contributed by atoms with Crippen molar-refractivity contribution >= 4 is 40.7 Å². The number of anilines is 1. The molecule has 2 aromatic rings. The molecule has 0 unspecified atom stereocenters. The van der Waals surface area contributed by atoms with Gasteiger partial charge in [0.1, 0.15) is 17.5 Å². The maximum atomic E-state index is 13.0. The quantitative estimate of drug-likeness (QED) is 0.749. The second kappa shape index (κ2) is 8.29. The summed E-state index contributed by atoms with van der Waals surface area (Å²) < 4.78 is 10.7. The Morgan fingerprint density at radius 1 is 1.04 bits per heavy atom. The van der Waals surface area contributed by atoms with Crippen molar-refractivity contribution in [3.8, 4) is 11.5 Å². The lowest BCUT2D eigenvalue weighted by Crippen LogP contribution is -2.57. The molecule has 0 N–H and O–H groups in total. The molecule has 8 heteroatoms. The van der Waals surface area contributed by atoms with Crippen molar-refractivity contribution in [2.24, 2.45) is 0 Å². The first-order valence-corrected chi connectivity index (χ1v) is 9.42. The third-order valence-corrected chi connectivity index (χ3v) is 5.50. The van der Waals surface area contributed by atoms with Gasteiger partial charge >= 0.3 is 0 Å². The number of methoxy groups -OCH3 is 2. The Kier molecular flexibility index (Phi) is 6.01. The second-order valence-electron chi connectivity index (χ2n) is 6.33. The van der Waals surface area contributed by atoms with E-state index >= 15 is 0 Å². The first-order chi connectivity index (χ1) is 13.4. The molecule has 1 heterocycles. The van der Waals surface area contributed by atoms with Crippen LogP contribution in [0.1, 0.15) is 17.3 Å². The zero-order valence-electron chi connectivity index (χ0n) is 15.7. The highest BCUT2D eigenvalue weighted by atomic mass is 35.5. The van der Waals surface area contributed by atoms with Crippen LogP contribution in [0.4, 0.5) is 5.69 Å². The molecule has 0 spiro atoms. The van der Waals surface area contributed by atoms with E-state index in [1.807, 2.05) is 0 Å². The molecule has 0 aromatic heterocycles. The van der Waals surface area contributed by atoms with Crippen LogP contribution in [0.2, 0.25) is 10.0 Å². The minimum Gasteiger partial charge on any atom is -0.497 e. The first-order valence-electron chi connectivity index (χ1n) is 8.66. The van der Waals surface area contributed by atoms with Crippen LogP contribution in [0, 0.1) is 0 Å². The minimum absolute atomic E-state index is 0.203. The van der Waals surface area contributed by atoms with Crippen molar-refractivity contribution in [3.63, 3.8) is 0 Å². The third-order valence-electron chi connectivity index (χ3n) is 4.76. The van der Waals surface area contributed by atoms with Crippen molar-refractivity contribution in [1.29, 1.82) is 0 Å². The van der Waals surface area contributed by atoms with Crippen LogP contribution < -0.4 is 14.4 Å². The first kappa shape index (κ1) is 20.3. The van der Waals surface area contributed by atoms with Crippen molar-refractivity contribution < 1.29 is 19.1 Å². The number of amides is 2. The minimum atomic E-state index is -0.647. The van der Waals surface area contributed by atoms with Crippen molar-refractivity contribution in [3.05, 3.63) is 52.0 Å². The summed E-state index contributed by atoms with van der Waals surface area (Å²) in [5.41, 5.74) is 1.00. The third kappa shape index (κ3) is 3.75. The number of carbonyl (C=O) groups is 2. The molecule has 6 nitrogen and oxygen atoms in total. The molecule has 0 saturated carbocycles. The van der Waals surface area contributed by atoms with Gasteiger partial charge in [0, 0.05) is 24.7 Å². The van der Waals surface area contributed by atoms with Gasteiger partial charge in [0.25, 0.3) is 5.91 Å². The van der Waals surface area contributed by atoms with Crippen LogP contribution in [0.25, 0.3) is 0 Å². The van der Waals surface area contributed by atoms with Gasteiger partial charge in [0.15, 0.2) is 0 Å². The van der Waals surface area contributed by atoms with Crippen LogP contribution in [-0.4, -0.2) is 50.1 Å². The summed E-state index contributed by atoms with van der Waals surface area (Å²) in [6, 6.07) is 9.30. The summed E-state index contributed by atoms with van der Waals surface area (Å²) >= 11 is 11.9. The van der Waals surface area contributed by atoms with E-state index in [1.165, 1.54) is 11.0 Å². The molecule has 0 radical (unpaired) electrons. The van der Waals surface area contributed by atoms with E-state index in [2.05, 4.69) is 0 Å². The SMILES string of the molecule is COc1ccc(OC)c(N2CCN(C(=O)c3ccc(Cl)c(Cl)c3)[C@@H](C)C2=O)c1. The smallest absolute Gasteiger partial charge is 0.254 e. The van der Waals surface area contributed by atoms with Gasteiger partial charge in [-0.25, -0.2) is 0 Å². The highest BCUT2D eigenvalue weighted by Crippen LogP contribution is 2.34. The van der Waals surface area contributed by atoms with Gasteiger partial charge in [-0.05, 0) is 37.3 Å². The predicted molar refractivity (Wildman–Crippen MR) is 109 cm³/mol. The van der Waals surface area contributed by atoms with E-state index in [-0.39, 0.29) is 11.8 Å². The van der Waals surface area contributed by atoms with Crippen LogP contribution >= 0.6 is 23.2 Å². The Labute approximate surface area is 173 Å². The number of halogens is 2. The lowest BCUT2D eigenvalue weighted by atomic mass is 10.1. The molecule has 1 fully saturated rings.